The van der Waals surface area contributed by atoms with Gasteiger partial charge in [-0.2, -0.15) is 0 Å². The minimum absolute atomic E-state index is 0.0454. The average molecular weight is 477 g/mol. The summed E-state index contributed by atoms with van der Waals surface area (Å²) < 4.78 is 27.8. The third-order valence-corrected chi connectivity index (χ3v) is 7.41. The number of benzene rings is 3. The SMILES string of the molecule is CCc1cccc(C)c1NC(=O)CN(c1cccc(Cl)c1Cl)S(=O)(=O)c1ccccc1. The van der Waals surface area contributed by atoms with E-state index in [1.165, 1.54) is 18.2 Å². The van der Waals surface area contributed by atoms with Crippen molar-refractivity contribution in [3.05, 3.63) is 87.9 Å². The van der Waals surface area contributed by atoms with E-state index in [-0.39, 0.29) is 20.6 Å². The molecule has 0 saturated heterocycles. The van der Waals surface area contributed by atoms with Crippen LogP contribution in [0, 0.1) is 6.92 Å². The van der Waals surface area contributed by atoms with Crippen LogP contribution in [-0.2, 0) is 21.2 Å². The molecule has 0 heterocycles. The molecule has 3 rings (SSSR count). The minimum Gasteiger partial charge on any atom is -0.324 e. The zero-order chi connectivity index (χ0) is 22.6. The number of anilines is 2. The summed E-state index contributed by atoms with van der Waals surface area (Å²) in [6, 6.07) is 18.3. The van der Waals surface area contributed by atoms with Gasteiger partial charge in [0.15, 0.2) is 0 Å². The topological polar surface area (TPSA) is 66.5 Å². The fraction of sp³-hybridized carbons (Fsp3) is 0.174. The van der Waals surface area contributed by atoms with Crippen molar-refractivity contribution < 1.29 is 13.2 Å². The van der Waals surface area contributed by atoms with E-state index in [0.29, 0.717) is 5.69 Å². The summed E-state index contributed by atoms with van der Waals surface area (Å²) in [7, 11) is -4.08. The Hall–Kier alpha value is -2.54. The molecule has 0 spiro atoms. The number of amides is 1. The number of halogens is 2. The lowest BCUT2D eigenvalue weighted by Crippen LogP contribution is -2.38. The first-order valence-corrected chi connectivity index (χ1v) is 11.9. The molecule has 1 amide bonds. The fourth-order valence-corrected chi connectivity index (χ4v) is 5.12. The average Bonchev–Trinajstić information content (AvgIpc) is 2.76. The number of aryl methyl sites for hydroxylation is 2. The molecule has 5 nitrogen and oxygen atoms in total. The highest BCUT2D eigenvalue weighted by Crippen LogP contribution is 2.35. The fourth-order valence-electron chi connectivity index (χ4n) is 3.22. The van der Waals surface area contributed by atoms with Crippen LogP contribution in [0.4, 0.5) is 11.4 Å². The molecule has 0 radical (unpaired) electrons. The lowest BCUT2D eigenvalue weighted by molar-refractivity contribution is -0.114. The molecule has 0 aromatic heterocycles. The van der Waals surface area contributed by atoms with Gasteiger partial charge in [0.05, 0.1) is 20.6 Å². The summed E-state index contributed by atoms with van der Waals surface area (Å²) in [4.78, 5) is 13.0. The van der Waals surface area contributed by atoms with E-state index >= 15 is 0 Å². The maximum atomic E-state index is 13.4. The lowest BCUT2D eigenvalue weighted by Gasteiger charge is -2.25. The van der Waals surface area contributed by atoms with Crippen molar-refractivity contribution in [1.82, 2.24) is 0 Å². The smallest absolute Gasteiger partial charge is 0.264 e. The van der Waals surface area contributed by atoms with Gasteiger partial charge < -0.3 is 5.32 Å². The van der Waals surface area contributed by atoms with Crippen LogP contribution in [-0.4, -0.2) is 20.9 Å². The van der Waals surface area contributed by atoms with E-state index in [4.69, 9.17) is 23.2 Å². The second kappa shape index (κ2) is 9.73. The zero-order valence-corrected chi connectivity index (χ0v) is 19.4. The Kier molecular flexibility index (Phi) is 7.26. The molecule has 8 heteroatoms. The summed E-state index contributed by atoms with van der Waals surface area (Å²) >= 11 is 12.5. The van der Waals surface area contributed by atoms with Crippen LogP contribution in [0.25, 0.3) is 0 Å². The van der Waals surface area contributed by atoms with E-state index in [0.717, 1.165) is 21.9 Å². The van der Waals surface area contributed by atoms with E-state index in [1.807, 2.05) is 32.0 Å². The summed E-state index contributed by atoms with van der Waals surface area (Å²) in [5.41, 5.74) is 2.68. The number of carbonyl (C=O) groups excluding carboxylic acids is 1. The molecule has 0 atom stereocenters. The Balaban J connectivity index is 2.02. The molecule has 0 unspecified atom stereocenters. The van der Waals surface area contributed by atoms with Gasteiger partial charge in [-0.15, -0.1) is 0 Å². The molecule has 162 valence electrons. The Morgan fingerprint density at radius 2 is 1.65 bits per heavy atom. The Morgan fingerprint density at radius 3 is 2.32 bits per heavy atom. The number of para-hydroxylation sites is 1. The number of nitrogens with one attached hydrogen (secondary N) is 1. The molecule has 0 saturated carbocycles. The second-order valence-corrected chi connectivity index (χ2v) is 9.56. The quantitative estimate of drug-likeness (QED) is 0.475. The predicted molar refractivity (Wildman–Crippen MR) is 127 cm³/mol. The normalized spacial score (nSPS) is 11.2. The Bertz CT molecular complexity index is 1200. The van der Waals surface area contributed by atoms with Crippen LogP contribution in [0.1, 0.15) is 18.1 Å². The molecule has 0 aliphatic carbocycles. The summed E-state index contributed by atoms with van der Waals surface area (Å²) in [6.45, 7) is 3.41. The van der Waals surface area contributed by atoms with Crippen LogP contribution in [0.15, 0.2) is 71.6 Å². The van der Waals surface area contributed by atoms with Gasteiger partial charge in [-0.1, -0.05) is 72.6 Å². The van der Waals surface area contributed by atoms with Crippen molar-refractivity contribution in [2.75, 3.05) is 16.2 Å². The van der Waals surface area contributed by atoms with Gasteiger partial charge in [0.1, 0.15) is 6.54 Å². The molecular formula is C23H22Cl2N2O3S. The molecule has 31 heavy (non-hydrogen) atoms. The van der Waals surface area contributed by atoms with Gasteiger partial charge in [-0.25, -0.2) is 8.42 Å². The zero-order valence-electron chi connectivity index (χ0n) is 17.1. The maximum absolute atomic E-state index is 13.4. The highest BCUT2D eigenvalue weighted by Gasteiger charge is 2.29. The van der Waals surface area contributed by atoms with Gasteiger partial charge >= 0.3 is 0 Å². The molecule has 0 fully saturated rings. The van der Waals surface area contributed by atoms with Crippen molar-refractivity contribution in [1.29, 1.82) is 0 Å². The van der Waals surface area contributed by atoms with E-state index in [1.54, 1.807) is 30.3 Å². The molecular weight excluding hydrogens is 455 g/mol. The minimum atomic E-state index is -4.08. The Morgan fingerprint density at radius 1 is 0.968 bits per heavy atom. The van der Waals surface area contributed by atoms with E-state index in [9.17, 15) is 13.2 Å². The maximum Gasteiger partial charge on any atom is 0.264 e. The van der Waals surface area contributed by atoms with Gasteiger partial charge in [-0.3, -0.25) is 9.10 Å². The van der Waals surface area contributed by atoms with Crippen LogP contribution in [0.5, 0.6) is 0 Å². The van der Waals surface area contributed by atoms with Crippen LogP contribution in [0.2, 0.25) is 10.0 Å². The number of sulfonamides is 1. The third-order valence-electron chi connectivity index (χ3n) is 4.82. The molecule has 1 N–H and O–H groups in total. The monoisotopic (exact) mass is 476 g/mol. The highest BCUT2D eigenvalue weighted by molar-refractivity contribution is 7.92. The number of rotatable bonds is 7. The van der Waals surface area contributed by atoms with Gasteiger partial charge in [0.25, 0.3) is 10.0 Å². The van der Waals surface area contributed by atoms with Crippen LogP contribution < -0.4 is 9.62 Å². The predicted octanol–water partition coefficient (Wildman–Crippen LogP) is 5.70. The van der Waals surface area contributed by atoms with Crippen LogP contribution in [0.3, 0.4) is 0 Å². The first-order valence-electron chi connectivity index (χ1n) is 9.65. The number of carbonyl (C=O) groups is 1. The molecule has 0 aliphatic heterocycles. The van der Waals surface area contributed by atoms with Gasteiger partial charge in [0, 0.05) is 5.69 Å². The van der Waals surface area contributed by atoms with Crippen LogP contribution >= 0.6 is 23.2 Å². The van der Waals surface area contributed by atoms with Gasteiger partial charge in [-0.05, 0) is 48.7 Å². The first-order chi connectivity index (χ1) is 14.8. The van der Waals surface area contributed by atoms with Crippen molar-refractivity contribution in [2.24, 2.45) is 0 Å². The summed E-state index contributed by atoms with van der Waals surface area (Å²) in [5.74, 6) is -0.487. The third kappa shape index (κ3) is 5.03. The number of hydrogen-bond donors (Lipinski definition) is 1. The first kappa shape index (κ1) is 23.1. The summed E-state index contributed by atoms with van der Waals surface area (Å²) in [6.07, 6.45) is 0.726. The van der Waals surface area contributed by atoms with Gasteiger partial charge in [0.2, 0.25) is 5.91 Å². The second-order valence-electron chi connectivity index (χ2n) is 6.91. The van der Waals surface area contributed by atoms with Crippen molar-refractivity contribution in [3.8, 4) is 0 Å². The standard InChI is InChI=1S/C23H22Cl2N2O3S/c1-3-17-10-7-9-16(2)23(17)26-21(28)15-27(20-14-8-13-19(24)22(20)25)31(29,30)18-11-5-4-6-12-18/h4-14H,3,15H2,1-2H3,(H,26,28). The van der Waals surface area contributed by atoms with Crippen molar-refractivity contribution in [3.63, 3.8) is 0 Å². The number of hydrogen-bond acceptors (Lipinski definition) is 3. The van der Waals surface area contributed by atoms with Crippen molar-refractivity contribution >= 4 is 50.5 Å². The molecule has 0 aliphatic rings. The van der Waals surface area contributed by atoms with E-state index in [2.05, 4.69) is 5.32 Å². The molecule has 3 aromatic carbocycles. The Labute approximate surface area is 192 Å². The largest absolute Gasteiger partial charge is 0.324 e. The summed E-state index contributed by atoms with van der Waals surface area (Å²) in [5, 5.41) is 3.12. The molecule has 3 aromatic rings. The lowest BCUT2D eigenvalue weighted by atomic mass is 10.1. The van der Waals surface area contributed by atoms with E-state index < -0.39 is 22.5 Å². The molecule has 0 bridgehead atoms. The number of nitrogens with zero attached hydrogens (tertiary/aromatic N) is 1. The highest BCUT2D eigenvalue weighted by atomic mass is 35.5. The van der Waals surface area contributed by atoms with Crippen molar-refractivity contribution in [2.45, 2.75) is 25.2 Å².